The van der Waals surface area contributed by atoms with Crippen LogP contribution in [0.5, 0.6) is 0 Å². The maximum absolute atomic E-state index is 10.9. The second-order valence-corrected chi connectivity index (χ2v) is 3.64. The minimum Gasteiger partial charge on any atom is -0.396 e. The lowest BCUT2D eigenvalue weighted by atomic mass is 9.69. The number of amides is 1. The number of hydrogen-bond acceptors (Lipinski definition) is 2. The molecule has 0 atom stereocenters. The molecule has 0 spiro atoms. The van der Waals surface area contributed by atoms with E-state index in [0.717, 1.165) is 12.8 Å². The van der Waals surface area contributed by atoms with Gasteiger partial charge >= 0.3 is 0 Å². The van der Waals surface area contributed by atoms with Gasteiger partial charge in [0.1, 0.15) is 0 Å². The standard InChI is InChI=1S/C9H17NO2.C2H6/c1-2-8(12)10-6-9(7-11)4-3-5-9;1-2/h11H,2-7H2,1H3,(H,10,12);1-2H3. The molecule has 1 aliphatic carbocycles. The lowest BCUT2D eigenvalue weighted by molar-refractivity contribution is -0.121. The predicted molar refractivity (Wildman–Crippen MR) is 58.0 cm³/mol. The van der Waals surface area contributed by atoms with Gasteiger partial charge in [0.05, 0.1) is 6.61 Å². The van der Waals surface area contributed by atoms with Crippen molar-refractivity contribution < 1.29 is 9.90 Å². The fourth-order valence-electron chi connectivity index (χ4n) is 1.48. The second-order valence-electron chi connectivity index (χ2n) is 3.64. The summed E-state index contributed by atoms with van der Waals surface area (Å²) >= 11 is 0. The Labute approximate surface area is 86.9 Å². The molecule has 1 fully saturated rings. The third kappa shape index (κ3) is 3.66. The number of rotatable bonds is 4. The summed E-state index contributed by atoms with van der Waals surface area (Å²) in [6, 6.07) is 0. The number of aliphatic hydroxyl groups excluding tert-OH is 1. The molecule has 2 N–H and O–H groups in total. The molecule has 1 aliphatic rings. The Kier molecular flexibility index (Phi) is 6.54. The smallest absolute Gasteiger partial charge is 0.219 e. The van der Waals surface area contributed by atoms with Crippen LogP contribution < -0.4 is 5.32 Å². The molecule has 0 radical (unpaired) electrons. The van der Waals surface area contributed by atoms with Gasteiger partial charge in [-0.15, -0.1) is 0 Å². The normalized spacial score (nSPS) is 17.4. The van der Waals surface area contributed by atoms with Gasteiger partial charge in [0.2, 0.25) is 5.91 Å². The van der Waals surface area contributed by atoms with Gasteiger partial charge in [0, 0.05) is 18.4 Å². The number of nitrogens with one attached hydrogen (secondary N) is 1. The van der Waals surface area contributed by atoms with Gasteiger partial charge in [-0.3, -0.25) is 4.79 Å². The molecule has 1 rings (SSSR count). The molecule has 3 nitrogen and oxygen atoms in total. The summed E-state index contributed by atoms with van der Waals surface area (Å²) in [5.41, 5.74) is 0.0187. The Morgan fingerprint density at radius 3 is 2.29 bits per heavy atom. The van der Waals surface area contributed by atoms with Gasteiger partial charge in [0.25, 0.3) is 0 Å². The molecule has 0 unspecified atom stereocenters. The molecule has 84 valence electrons. The average Bonchev–Trinajstić information content (AvgIpc) is 2.19. The van der Waals surface area contributed by atoms with Crippen molar-refractivity contribution in [1.82, 2.24) is 5.32 Å². The predicted octanol–water partition coefficient (Wildman–Crippen LogP) is 1.70. The summed E-state index contributed by atoms with van der Waals surface area (Å²) in [4.78, 5) is 10.9. The minimum absolute atomic E-state index is 0.0187. The Morgan fingerprint density at radius 1 is 1.43 bits per heavy atom. The van der Waals surface area contributed by atoms with Gasteiger partial charge < -0.3 is 10.4 Å². The van der Waals surface area contributed by atoms with Crippen molar-refractivity contribution in [1.29, 1.82) is 0 Å². The first-order valence-electron chi connectivity index (χ1n) is 5.60. The van der Waals surface area contributed by atoms with Crippen molar-refractivity contribution in [2.45, 2.75) is 46.5 Å². The van der Waals surface area contributed by atoms with Crippen LogP contribution in [0.1, 0.15) is 46.5 Å². The average molecular weight is 201 g/mol. The van der Waals surface area contributed by atoms with Crippen LogP contribution in [0.2, 0.25) is 0 Å². The van der Waals surface area contributed by atoms with E-state index in [9.17, 15) is 4.79 Å². The first kappa shape index (κ1) is 13.4. The van der Waals surface area contributed by atoms with E-state index in [2.05, 4.69) is 5.32 Å². The molecule has 14 heavy (non-hydrogen) atoms. The lowest BCUT2D eigenvalue weighted by Crippen LogP contribution is -2.44. The first-order chi connectivity index (χ1) is 6.72. The van der Waals surface area contributed by atoms with Crippen LogP contribution in [-0.4, -0.2) is 24.2 Å². The second kappa shape index (κ2) is 6.82. The Balaban J connectivity index is 0.000000791. The highest BCUT2D eigenvalue weighted by atomic mass is 16.3. The van der Waals surface area contributed by atoms with Gasteiger partial charge in [0.15, 0.2) is 0 Å². The van der Waals surface area contributed by atoms with Crippen LogP contribution in [0.25, 0.3) is 0 Å². The quantitative estimate of drug-likeness (QED) is 0.727. The van der Waals surface area contributed by atoms with Crippen LogP contribution in [0, 0.1) is 5.41 Å². The topological polar surface area (TPSA) is 49.3 Å². The zero-order valence-electron chi connectivity index (χ0n) is 9.60. The van der Waals surface area contributed by atoms with E-state index in [-0.39, 0.29) is 17.9 Å². The molecule has 3 heteroatoms. The summed E-state index contributed by atoms with van der Waals surface area (Å²) in [6.07, 6.45) is 3.81. The Bertz CT molecular complexity index is 159. The highest BCUT2D eigenvalue weighted by Crippen LogP contribution is 2.39. The Morgan fingerprint density at radius 2 is 2.00 bits per heavy atom. The molecule has 0 heterocycles. The van der Waals surface area contributed by atoms with Crippen LogP contribution in [0.15, 0.2) is 0 Å². The van der Waals surface area contributed by atoms with Gasteiger partial charge in [-0.2, -0.15) is 0 Å². The monoisotopic (exact) mass is 201 g/mol. The third-order valence-electron chi connectivity index (χ3n) is 2.73. The van der Waals surface area contributed by atoms with Crippen molar-refractivity contribution in [3.8, 4) is 0 Å². The maximum atomic E-state index is 10.9. The van der Waals surface area contributed by atoms with Crippen LogP contribution >= 0.6 is 0 Å². The zero-order valence-corrected chi connectivity index (χ0v) is 9.60. The summed E-state index contributed by atoms with van der Waals surface area (Å²) in [7, 11) is 0. The van der Waals surface area contributed by atoms with E-state index in [1.165, 1.54) is 6.42 Å². The third-order valence-corrected chi connectivity index (χ3v) is 2.73. The summed E-state index contributed by atoms with van der Waals surface area (Å²) in [5, 5.41) is 11.9. The molecule has 0 aromatic rings. The van der Waals surface area contributed by atoms with E-state index in [0.29, 0.717) is 13.0 Å². The number of carbonyl (C=O) groups excluding carboxylic acids is 1. The maximum Gasteiger partial charge on any atom is 0.219 e. The number of hydrogen-bond donors (Lipinski definition) is 2. The minimum atomic E-state index is 0.0187. The van der Waals surface area contributed by atoms with Crippen molar-refractivity contribution >= 4 is 5.91 Å². The molecule has 0 bridgehead atoms. The SMILES string of the molecule is CC.CCC(=O)NCC1(CO)CCC1. The first-order valence-corrected chi connectivity index (χ1v) is 5.60. The van der Waals surface area contributed by atoms with Crippen molar-refractivity contribution in [3.63, 3.8) is 0 Å². The molecule has 0 aliphatic heterocycles. The van der Waals surface area contributed by atoms with Crippen molar-refractivity contribution in [3.05, 3.63) is 0 Å². The van der Waals surface area contributed by atoms with E-state index < -0.39 is 0 Å². The highest BCUT2D eigenvalue weighted by molar-refractivity contribution is 5.75. The summed E-state index contributed by atoms with van der Waals surface area (Å²) in [5.74, 6) is 0.0784. The fraction of sp³-hybridized carbons (Fsp3) is 0.909. The van der Waals surface area contributed by atoms with Crippen LogP contribution in [0.4, 0.5) is 0 Å². The van der Waals surface area contributed by atoms with Gasteiger partial charge in [-0.05, 0) is 12.8 Å². The van der Waals surface area contributed by atoms with E-state index in [1.807, 2.05) is 20.8 Å². The van der Waals surface area contributed by atoms with Gasteiger partial charge in [-0.25, -0.2) is 0 Å². The summed E-state index contributed by atoms with van der Waals surface area (Å²) < 4.78 is 0. The van der Waals surface area contributed by atoms with E-state index in [1.54, 1.807) is 0 Å². The number of aliphatic hydroxyl groups is 1. The van der Waals surface area contributed by atoms with Crippen molar-refractivity contribution in [2.24, 2.45) is 5.41 Å². The van der Waals surface area contributed by atoms with Crippen LogP contribution in [0.3, 0.4) is 0 Å². The molecule has 1 amide bonds. The van der Waals surface area contributed by atoms with Gasteiger partial charge in [-0.1, -0.05) is 27.2 Å². The van der Waals surface area contributed by atoms with Crippen molar-refractivity contribution in [2.75, 3.05) is 13.2 Å². The van der Waals surface area contributed by atoms with Crippen LogP contribution in [-0.2, 0) is 4.79 Å². The Hall–Kier alpha value is -0.570. The highest BCUT2D eigenvalue weighted by Gasteiger charge is 2.36. The molecular formula is C11H23NO2. The lowest BCUT2D eigenvalue weighted by Gasteiger charge is -2.40. The summed E-state index contributed by atoms with van der Waals surface area (Å²) in [6.45, 7) is 6.69. The molecule has 0 saturated heterocycles. The molecule has 0 aromatic heterocycles. The fourth-order valence-corrected chi connectivity index (χ4v) is 1.48. The molecule has 1 saturated carbocycles. The molecule has 0 aromatic carbocycles. The largest absolute Gasteiger partial charge is 0.396 e. The van der Waals surface area contributed by atoms with E-state index >= 15 is 0 Å². The molecular weight excluding hydrogens is 178 g/mol. The zero-order chi connectivity index (χ0) is 11.0. The number of carbonyl (C=O) groups is 1. The van der Waals surface area contributed by atoms with E-state index in [4.69, 9.17) is 5.11 Å².